The zero-order valence-electron chi connectivity index (χ0n) is 13.6. The van der Waals surface area contributed by atoms with Gasteiger partial charge >= 0.3 is 0 Å². The molecule has 1 aliphatic carbocycles. The number of anilines is 1. The molecule has 1 heterocycles. The highest BCUT2D eigenvalue weighted by Crippen LogP contribution is 2.18. The Labute approximate surface area is 143 Å². The number of aryl methyl sites for hydroxylation is 1. The SMILES string of the molecule is Cc1ccccc1NC(=S)N1CC[NH+](CC(=O)NC2CC2)CC1. The third kappa shape index (κ3) is 4.65. The van der Waals surface area contributed by atoms with E-state index in [1.807, 2.05) is 18.2 Å². The number of carbonyl (C=O) groups excluding carboxylic acids is 1. The molecule has 3 N–H and O–H groups in total. The number of para-hydroxylation sites is 1. The fourth-order valence-corrected chi connectivity index (χ4v) is 3.14. The minimum Gasteiger partial charge on any atom is -0.348 e. The summed E-state index contributed by atoms with van der Waals surface area (Å²) in [6.45, 7) is 6.35. The maximum atomic E-state index is 11.9. The fourth-order valence-electron chi connectivity index (χ4n) is 2.84. The van der Waals surface area contributed by atoms with Crippen molar-refractivity contribution in [2.45, 2.75) is 25.8 Å². The van der Waals surface area contributed by atoms with E-state index in [0.717, 1.165) is 49.8 Å². The van der Waals surface area contributed by atoms with E-state index in [2.05, 4.69) is 28.5 Å². The van der Waals surface area contributed by atoms with Gasteiger partial charge in [0.15, 0.2) is 11.7 Å². The molecule has 23 heavy (non-hydrogen) atoms. The molecule has 2 aliphatic rings. The van der Waals surface area contributed by atoms with Gasteiger partial charge < -0.3 is 20.4 Å². The minimum absolute atomic E-state index is 0.191. The number of hydrogen-bond acceptors (Lipinski definition) is 2. The second-order valence-electron chi connectivity index (χ2n) is 6.50. The molecular formula is C17H25N4OS+. The van der Waals surface area contributed by atoms with Crippen LogP contribution in [0.3, 0.4) is 0 Å². The molecule has 0 aromatic heterocycles. The summed E-state index contributed by atoms with van der Waals surface area (Å²) < 4.78 is 0. The van der Waals surface area contributed by atoms with E-state index in [4.69, 9.17) is 12.2 Å². The fraction of sp³-hybridized carbons (Fsp3) is 0.529. The van der Waals surface area contributed by atoms with Crippen LogP contribution in [0.25, 0.3) is 0 Å². The van der Waals surface area contributed by atoms with Crippen LogP contribution in [0.4, 0.5) is 5.69 Å². The van der Waals surface area contributed by atoms with Crippen molar-refractivity contribution in [1.82, 2.24) is 10.2 Å². The Morgan fingerprint density at radius 1 is 1.30 bits per heavy atom. The third-order valence-electron chi connectivity index (χ3n) is 4.50. The average Bonchev–Trinajstić information content (AvgIpc) is 3.34. The topological polar surface area (TPSA) is 48.8 Å². The van der Waals surface area contributed by atoms with Crippen LogP contribution >= 0.6 is 12.2 Å². The minimum atomic E-state index is 0.191. The van der Waals surface area contributed by atoms with E-state index in [1.54, 1.807) is 0 Å². The lowest BCUT2D eigenvalue weighted by Gasteiger charge is -2.33. The van der Waals surface area contributed by atoms with E-state index in [0.29, 0.717) is 12.6 Å². The van der Waals surface area contributed by atoms with E-state index >= 15 is 0 Å². The molecular weight excluding hydrogens is 308 g/mol. The van der Waals surface area contributed by atoms with Gasteiger partial charge in [-0.3, -0.25) is 4.79 Å². The second-order valence-corrected chi connectivity index (χ2v) is 6.89. The molecule has 0 spiro atoms. The first-order chi connectivity index (χ1) is 11.1. The van der Waals surface area contributed by atoms with Crippen molar-refractivity contribution in [3.05, 3.63) is 29.8 Å². The number of thiocarbonyl (C=S) groups is 1. The Balaban J connectivity index is 1.43. The Hall–Kier alpha value is -1.66. The molecule has 3 rings (SSSR count). The molecule has 0 bridgehead atoms. The van der Waals surface area contributed by atoms with Crippen LogP contribution in [0.5, 0.6) is 0 Å². The summed E-state index contributed by atoms with van der Waals surface area (Å²) in [5, 5.41) is 7.18. The van der Waals surface area contributed by atoms with E-state index < -0.39 is 0 Å². The van der Waals surface area contributed by atoms with Gasteiger partial charge in [0.2, 0.25) is 0 Å². The van der Waals surface area contributed by atoms with E-state index in [9.17, 15) is 4.79 Å². The summed E-state index contributed by atoms with van der Waals surface area (Å²) in [6.07, 6.45) is 2.29. The van der Waals surface area contributed by atoms with Crippen molar-refractivity contribution in [3.8, 4) is 0 Å². The molecule has 0 atom stereocenters. The summed E-state index contributed by atoms with van der Waals surface area (Å²) in [5.74, 6) is 0.191. The van der Waals surface area contributed by atoms with E-state index in [1.165, 1.54) is 10.5 Å². The highest BCUT2D eigenvalue weighted by Gasteiger charge is 2.27. The molecule has 0 radical (unpaired) electrons. The summed E-state index contributed by atoms with van der Waals surface area (Å²) in [5.41, 5.74) is 2.26. The Morgan fingerprint density at radius 3 is 2.65 bits per heavy atom. The van der Waals surface area contributed by atoms with Gasteiger partial charge in [-0.2, -0.15) is 0 Å². The number of piperazine rings is 1. The van der Waals surface area contributed by atoms with Crippen LogP contribution in [-0.4, -0.2) is 54.7 Å². The average molecular weight is 333 g/mol. The van der Waals surface area contributed by atoms with Gasteiger partial charge in [0.1, 0.15) is 0 Å². The van der Waals surface area contributed by atoms with Crippen LogP contribution in [0.15, 0.2) is 24.3 Å². The maximum absolute atomic E-state index is 11.9. The van der Waals surface area contributed by atoms with Crippen LogP contribution < -0.4 is 15.5 Å². The molecule has 5 nitrogen and oxygen atoms in total. The number of quaternary nitrogens is 1. The molecule has 2 fully saturated rings. The largest absolute Gasteiger partial charge is 0.348 e. The lowest BCUT2D eigenvalue weighted by molar-refractivity contribution is -0.895. The summed E-state index contributed by atoms with van der Waals surface area (Å²) in [4.78, 5) is 15.4. The van der Waals surface area contributed by atoms with Crippen molar-refractivity contribution in [3.63, 3.8) is 0 Å². The Kier molecular flexibility index (Phi) is 5.13. The van der Waals surface area contributed by atoms with Gasteiger partial charge in [-0.1, -0.05) is 18.2 Å². The summed E-state index contributed by atoms with van der Waals surface area (Å²) in [7, 11) is 0. The van der Waals surface area contributed by atoms with Gasteiger partial charge in [-0.25, -0.2) is 0 Å². The molecule has 124 valence electrons. The molecule has 1 amide bonds. The van der Waals surface area contributed by atoms with Crippen LogP contribution in [0.1, 0.15) is 18.4 Å². The van der Waals surface area contributed by atoms with Crippen molar-refractivity contribution in [2.75, 3.05) is 38.0 Å². The normalized spacial score (nSPS) is 18.6. The maximum Gasteiger partial charge on any atom is 0.275 e. The lowest BCUT2D eigenvalue weighted by Crippen LogP contribution is -3.15. The number of nitrogens with one attached hydrogen (secondary N) is 3. The first-order valence-corrected chi connectivity index (χ1v) is 8.77. The Bertz CT molecular complexity index is 580. The van der Waals surface area contributed by atoms with Gasteiger partial charge in [0, 0.05) is 11.7 Å². The van der Waals surface area contributed by atoms with Crippen molar-refractivity contribution in [2.24, 2.45) is 0 Å². The first-order valence-electron chi connectivity index (χ1n) is 8.36. The molecule has 1 saturated heterocycles. The smallest absolute Gasteiger partial charge is 0.275 e. The van der Waals surface area contributed by atoms with Crippen molar-refractivity contribution < 1.29 is 9.69 Å². The predicted octanol–water partition coefficient (Wildman–Crippen LogP) is 0.171. The van der Waals surface area contributed by atoms with Crippen molar-refractivity contribution in [1.29, 1.82) is 0 Å². The lowest BCUT2D eigenvalue weighted by atomic mass is 10.2. The zero-order valence-corrected chi connectivity index (χ0v) is 14.4. The monoisotopic (exact) mass is 333 g/mol. The molecule has 1 aliphatic heterocycles. The third-order valence-corrected chi connectivity index (χ3v) is 4.86. The highest BCUT2D eigenvalue weighted by atomic mass is 32.1. The van der Waals surface area contributed by atoms with Crippen LogP contribution in [0, 0.1) is 6.92 Å². The zero-order chi connectivity index (χ0) is 16.2. The standard InChI is InChI=1S/C17H24N4OS/c1-13-4-2-3-5-15(13)19-17(23)21-10-8-20(9-11-21)12-16(22)18-14-6-7-14/h2-5,14H,6-12H2,1H3,(H,18,22)(H,19,23)/p+1. The molecule has 1 aromatic rings. The number of rotatable bonds is 4. The second kappa shape index (κ2) is 7.27. The molecule has 0 unspecified atom stereocenters. The van der Waals surface area contributed by atoms with E-state index in [-0.39, 0.29) is 5.91 Å². The van der Waals surface area contributed by atoms with Gasteiger partial charge in [0.25, 0.3) is 5.91 Å². The highest BCUT2D eigenvalue weighted by molar-refractivity contribution is 7.80. The van der Waals surface area contributed by atoms with Gasteiger partial charge in [-0.05, 0) is 43.6 Å². The molecule has 1 aromatic carbocycles. The van der Waals surface area contributed by atoms with Crippen molar-refractivity contribution >= 4 is 28.9 Å². The van der Waals surface area contributed by atoms with Crippen LogP contribution in [0.2, 0.25) is 0 Å². The number of carbonyl (C=O) groups is 1. The quantitative estimate of drug-likeness (QED) is 0.688. The number of amides is 1. The summed E-state index contributed by atoms with van der Waals surface area (Å²) >= 11 is 5.53. The number of benzene rings is 1. The summed E-state index contributed by atoms with van der Waals surface area (Å²) in [6, 6.07) is 8.61. The number of hydrogen-bond donors (Lipinski definition) is 3. The van der Waals surface area contributed by atoms with Gasteiger partial charge in [-0.15, -0.1) is 0 Å². The molecule has 1 saturated carbocycles. The first kappa shape index (κ1) is 16.2. The predicted molar refractivity (Wildman–Crippen MR) is 95.7 cm³/mol. The molecule has 6 heteroatoms. The number of nitrogens with zero attached hydrogens (tertiary/aromatic N) is 1. The Morgan fingerprint density at radius 2 is 2.00 bits per heavy atom. The van der Waals surface area contributed by atoms with Crippen LogP contribution in [-0.2, 0) is 4.79 Å². The van der Waals surface area contributed by atoms with Gasteiger partial charge in [0.05, 0.1) is 26.2 Å².